The minimum atomic E-state index is -0.341. The fourth-order valence-electron chi connectivity index (χ4n) is 3.10. The Morgan fingerprint density at radius 2 is 1.74 bits per heavy atom. The maximum Gasteiger partial charge on any atom is 0.227 e. The molecule has 0 aromatic heterocycles. The number of rotatable bonds is 7. The molecular formula is C21H25FN2O3. The van der Waals surface area contributed by atoms with Gasteiger partial charge in [-0.3, -0.25) is 9.69 Å². The number of benzene rings is 2. The van der Waals surface area contributed by atoms with E-state index in [0.717, 1.165) is 30.9 Å². The zero-order chi connectivity index (χ0) is 19.1. The summed E-state index contributed by atoms with van der Waals surface area (Å²) in [4.78, 5) is 16.6. The van der Waals surface area contributed by atoms with Crippen LogP contribution in [-0.4, -0.2) is 62.1 Å². The van der Waals surface area contributed by atoms with Gasteiger partial charge in [0.25, 0.3) is 0 Å². The smallest absolute Gasteiger partial charge is 0.227 e. The maximum atomic E-state index is 13.5. The highest BCUT2D eigenvalue weighted by molar-refractivity contribution is 5.78. The van der Waals surface area contributed by atoms with Crippen LogP contribution in [0.25, 0.3) is 0 Å². The van der Waals surface area contributed by atoms with Gasteiger partial charge in [-0.25, -0.2) is 4.39 Å². The first kappa shape index (κ1) is 19.2. The monoisotopic (exact) mass is 372 g/mol. The number of amides is 1. The second kappa shape index (κ2) is 9.37. The molecule has 0 unspecified atom stereocenters. The third-order valence-electron chi connectivity index (χ3n) is 4.74. The van der Waals surface area contributed by atoms with Crippen molar-refractivity contribution in [3.05, 3.63) is 59.9 Å². The zero-order valence-electron chi connectivity index (χ0n) is 15.6. The number of piperazine rings is 1. The van der Waals surface area contributed by atoms with Crippen LogP contribution in [0.15, 0.2) is 48.5 Å². The van der Waals surface area contributed by atoms with Gasteiger partial charge in [0.05, 0.1) is 13.5 Å². The highest BCUT2D eigenvalue weighted by Crippen LogP contribution is 2.16. The Balaban J connectivity index is 1.39. The third kappa shape index (κ3) is 5.44. The zero-order valence-corrected chi connectivity index (χ0v) is 15.6. The summed E-state index contributed by atoms with van der Waals surface area (Å²) in [5.41, 5.74) is 0.988. The normalized spacial score (nSPS) is 14.8. The molecular weight excluding hydrogens is 347 g/mol. The lowest BCUT2D eigenvalue weighted by molar-refractivity contribution is -0.132. The predicted octanol–water partition coefficient (Wildman–Crippen LogP) is 2.60. The molecule has 1 heterocycles. The quantitative estimate of drug-likeness (QED) is 0.749. The lowest BCUT2D eigenvalue weighted by Crippen LogP contribution is -2.49. The molecule has 1 amide bonds. The van der Waals surface area contributed by atoms with E-state index >= 15 is 0 Å². The summed E-state index contributed by atoms with van der Waals surface area (Å²) in [6.45, 7) is 4.16. The van der Waals surface area contributed by atoms with Crippen LogP contribution in [0.5, 0.6) is 11.5 Å². The standard InChI is InChI=1S/C21H25FN2O3/c1-26-18-8-6-17(7-9-18)16-21(25)24-12-10-23(11-13-24)14-15-27-20-5-3-2-4-19(20)22/h2-9H,10-16H2,1H3. The number of hydrogen-bond acceptors (Lipinski definition) is 4. The molecule has 2 aromatic carbocycles. The number of nitrogens with zero attached hydrogens (tertiary/aromatic N) is 2. The van der Waals surface area contributed by atoms with Crippen molar-refractivity contribution >= 4 is 5.91 Å². The Morgan fingerprint density at radius 1 is 1.04 bits per heavy atom. The molecule has 0 N–H and O–H groups in total. The van der Waals surface area contributed by atoms with Gasteiger partial charge in [-0.05, 0) is 29.8 Å². The van der Waals surface area contributed by atoms with Gasteiger partial charge in [0.15, 0.2) is 11.6 Å². The van der Waals surface area contributed by atoms with Gasteiger partial charge in [-0.2, -0.15) is 0 Å². The van der Waals surface area contributed by atoms with E-state index in [2.05, 4.69) is 4.90 Å². The largest absolute Gasteiger partial charge is 0.497 e. The molecule has 0 saturated carbocycles. The summed E-state index contributed by atoms with van der Waals surface area (Å²) in [6.07, 6.45) is 0.403. The van der Waals surface area contributed by atoms with Crippen LogP contribution in [0.4, 0.5) is 4.39 Å². The maximum absolute atomic E-state index is 13.5. The minimum absolute atomic E-state index is 0.141. The third-order valence-corrected chi connectivity index (χ3v) is 4.74. The first-order valence-electron chi connectivity index (χ1n) is 9.16. The van der Waals surface area contributed by atoms with Gasteiger partial charge in [0.1, 0.15) is 12.4 Å². The molecule has 144 valence electrons. The number of hydrogen-bond donors (Lipinski definition) is 0. The molecule has 3 rings (SSSR count). The van der Waals surface area contributed by atoms with Crippen molar-refractivity contribution in [2.45, 2.75) is 6.42 Å². The summed E-state index contributed by atoms with van der Waals surface area (Å²) in [5, 5.41) is 0. The average Bonchev–Trinajstić information content (AvgIpc) is 2.70. The molecule has 1 saturated heterocycles. The molecule has 0 bridgehead atoms. The molecule has 1 aliphatic rings. The number of carbonyl (C=O) groups excluding carboxylic acids is 1. The summed E-state index contributed by atoms with van der Waals surface area (Å²) in [5.74, 6) is 0.872. The SMILES string of the molecule is COc1ccc(CC(=O)N2CCN(CCOc3ccccc3F)CC2)cc1. The molecule has 0 atom stereocenters. The minimum Gasteiger partial charge on any atom is -0.497 e. The van der Waals surface area contributed by atoms with Crippen molar-refractivity contribution in [2.24, 2.45) is 0 Å². The lowest BCUT2D eigenvalue weighted by atomic mass is 10.1. The molecule has 5 nitrogen and oxygen atoms in total. The number of carbonyl (C=O) groups is 1. The molecule has 1 fully saturated rings. The van der Waals surface area contributed by atoms with Crippen LogP contribution in [0.3, 0.4) is 0 Å². The summed E-state index contributed by atoms with van der Waals surface area (Å²) < 4.78 is 24.2. The van der Waals surface area contributed by atoms with Crippen LogP contribution < -0.4 is 9.47 Å². The van der Waals surface area contributed by atoms with E-state index in [1.54, 1.807) is 25.3 Å². The van der Waals surface area contributed by atoms with Crippen molar-refractivity contribution < 1.29 is 18.7 Å². The van der Waals surface area contributed by atoms with E-state index in [1.165, 1.54) is 6.07 Å². The summed E-state index contributed by atoms with van der Waals surface area (Å²) in [6, 6.07) is 14.0. The molecule has 2 aromatic rings. The van der Waals surface area contributed by atoms with Crippen LogP contribution in [0.2, 0.25) is 0 Å². The predicted molar refractivity (Wildman–Crippen MR) is 102 cm³/mol. The topological polar surface area (TPSA) is 42.0 Å². The van der Waals surface area contributed by atoms with E-state index in [9.17, 15) is 9.18 Å². The van der Waals surface area contributed by atoms with E-state index in [4.69, 9.17) is 9.47 Å². The molecule has 1 aliphatic heterocycles. The summed E-state index contributed by atoms with van der Waals surface area (Å²) in [7, 11) is 1.63. The van der Waals surface area contributed by atoms with Gasteiger partial charge in [0.2, 0.25) is 5.91 Å². The number of methoxy groups -OCH3 is 1. The summed E-state index contributed by atoms with van der Waals surface area (Å²) >= 11 is 0. The van der Waals surface area contributed by atoms with Gasteiger partial charge in [-0.1, -0.05) is 24.3 Å². The van der Waals surface area contributed by atoms with E-state index in [-0.39, 0.29) is 17.5 Å². The molecule has 0 aliphatic carbocycles. The van der Waals surface area contributed by atoms with Crippen molar-refractivity contribution in [2.75, 3.05) is 46.4 Å². The first-order chi connectivity index (χ1) is 13.2. The Bertz CT molecular complexity index is 743. The number of ether oxygens (including phenoxy) is 2. The van der Waals surface area contributed by atoms with Crippen molar-refractivity contribution in [3.8, 4) is 11.5 Å². The average molecular weight is 372 g/mol. The van der Waals surface area contributed by atoms with Gasteiger partial charge < -0.3 is 14.4 Å². The second-order valence-electron chi connectivity index (χ2n) is 6.53. The molecule has 0 spiro atoms. The Hall–Kier alpha value is -2.60. The van der Waals surface area contributed by atoms with Crippen molar-refractivity contribution in [1.29, 1.82) is 0 Å². The van der Waals surface area contributed by atoms with Crippen LogP contribution in [-0.2, 0) is 11.2 Å². The van der Waals surface area contributed by atoms with Gasteiger partial charge in [-0.15, -0.1) is 0 Å². The Kier molecular flexibility index (Phi) is 6.65. The van der Waals surface area contributed by atoms with Crippen LogP contribution in [0, 0.1) is 5.82 Å². The van der Waals surface area contributed by atoms with Crippen molar-refractivity contribution in [1.82, 2.24) is 9.80 Å². The molecule has 6 heteroatoms. The fourth-order valence-corrected chi connectivity index (χ4v) is 3.10. The highest BCUT2D eigenvalue weighted by Gasteiger charge is 2.21. The highest BCUT2D eigenvalue weighted by atomic mass is 19.1. The van der Waals surface area contributed by atoms with Gasteiger partial charge >= 0.3 is 0 Å². The Morgan fingerprint density at radius 3 is 2.41 bits per heavy atom. The van der Waals surface area contributed by atoms with Crippen LogP contribution >= 0.6 is 0 Å². The second-order valence-corrected chi connectivity index (χ2v) is 6.53. The van der Waals surface area contributed by atoms with Crippen LogP contribution in [0.1, 0.15) is 5.56 Å². The number of para-hydroxylation sites is 1. The number of halogens is 1. The molecule has 0 radical (unpaired) electrons. The van der Waals surface area contributed by atoms with Crippen molar-refractivity contribution in [3.63, 3.8) is 0 Å². The molecule has 27 heavy (non-hydrogen) atoms. The first-order valence-corrected chi connectivity index (χ1v) is 9.16. The van der Waals surface area contributed by atoms with E-state index < -0.39 is 0 Å². The van der Waals surface area contributed by atoms with Gasteiger partial charge in [0, 0.05) is 32.7 Å². The van der Waals surface area contributed by atoms with E-state index in [1.807, 2.05) is 29.2 Å². The fraction of sp³-hybridized carbons (Fsp3) is 0.381. The lowest BCUT2D eigenvalue weighted by Gasteiger charge is -2.34. The van der Waals surface area contributed by atoms with E-state index in [0.29, 0.717) is 26.1 Å². The Labute approximate surface area is 159 Å².